The first-order valence-corrected chi connectivity index (χ1v) is 0.655. The van der Waals surface area contributed by atoms with Gasteiger partial charge >= 0.3 is 32.5 Å². The number of halogens is 3. The van der Waals surface area contributed by atoms with Crippen LogP contribution in [0.4, 0.5) is 13.2 Å². The van der Waals surface area contributed by atoms with Crippen LogP contribution in [-0.2, 0) is 0 Å². The molecule has 4 heteroatoms. The van der Waals surface area contributed by atoms with Crippen molar-refractivity contribution in [2.75, 3.05) is 0 Å². The Morgan fingerprint density at radius 2 is 1.00 bits per heavy atom. The zero-order valence-electron chi connectivity index (χ0n) is 1.71. The van der Waals surface area contributed by atoms with Gasteiger partial charge in [-0.25, -0.2) is 0 Å². The Bertz CT molecular complexity index is 11.6. The second-order valence-corrected chi connectivity index (χ2v) is 0.247. The van der Waals surface area contributed by atoms with Crippen molar-refractivity contribution in [2.24, 2.45) is 0 Å². The summed E-state index contributed by atoms with van der Waals surface area (Å²) in [7, 11) is 0. The van der Waals surface area contributed by atoms with E-state index in [9.17, 15) is 13.2 Å². The Labute approximate surface area is 46.1 Å². The predicted octanol–water partition coefficient (Wildman–Crippen LogP) is -0.00540. The summed E-state index contributed by atoms with van der Waals surface area (Å²) >= 11 is 0. The third-order valence-corrected chi connectivity index (χ3v) is 0. The monoisotopic (exact) mass is 188 g/mol. The summed E-state index contributed by atoms with van der Waals surface area (Å²) in [5.74, 6) is 0. The van der Waals surface area contributed by atoms with Crippen LogP contribution in [0, 0.1) is 0 Å². The Morgan fingerprint density at radius 3 is 1.00 bits per heavy atom. The molecule has 0 rings (SSSR count). The third kappa shape index (κ3) is 75.7. The molecule has 0 aromatic heterocycles. The summed E-state index contributed by atoms with van der Waals surface area (Å²) in [4.78, 5) is 0. The average molecular weight is 188 g/mol. The second-order valence-electron chi connectivity index (χ2n) is 0.247. The van der Waals surface area contributed by atoms with E-state index in [-0.39, 0.29) is 25.8 Å². The predicted molar refractivity (Wildman–Crippen MR) is 17.1 cm³/mol. The molecule has 0 atom stereocenters. The van der Waals surface area contributed by atoms with Gasteiger partial charge in [0.25, 0.3) is 0 Å². The first kappa shape index (κ1) is 9.18. The van der Waals surface area contributed by atoms with Crippen LogP contribution in [0.15, 0.2) is 0 Å². The van der Waals surface area contributed by atoms with Crippen LogP contribution in [0.3, 0.4) is 0 Å². The van der Waals surface area contributed by atoms with E-state index in [1.165, 1.54) is 0 Å². The molecule has 0 N–H and O–H groups in total. The van der Waals surface area contributed by atoms with Crippen LogP contribution in [0.5, 0.6) is 0 Å². The number of rotatable bonds is 0. The van der Waals surface area contributed by atoms with E-state index in [2.05, 4.69) is 0 Å². The molecule has 0 unspecified atom stereocenters. The van der Waals surface area contributed by atoms with Crippen LogP contribution < -0.4 is 0 Å². The van der Waals surface area contributed by atoms with E-state index in [4.69, 9.17) is 0 Å². The second kappa shape index (κ2) is 4.66. The quantitative estimate of drug-likeness (QED) is 0.501. The van der Waals surface area contributed by atoms with Gasteiger partial charge in [0.2, 0.25) is 0 Å². The van der Waals surface area contributed by atoms with Gasteiger partial charge in [0.15, 0.2) is 0 Å². The summed E-state index contributed by atoms with van der Waals surface area (Å²) in [5.41, 5.74) is 0. The Kier molecular flexibility index (Phi) is 8.55. The molecule has 0 radical (unpaired) electrons. The summed E-state index contributed by atoms with van der Waals surface area (Å²) in [6.45, 7) is -3.67. The molecule has 0 aliphatic heterocycles. The minimum atomic E-state index is -3.67. The van der Waals surface area contributed by atoms with Crippen molar-refractivity contribution in [3.8, 4) is 0 Å². The van der Waals surface area contributed by atoms with Crippen molar-refractivity contribution in [2.45, 2.75) is 6.68 Å². The molecule has 0 bridgehead atoms. The molecule has 0 amide bonds. The van der Waals surface area contributed by atoms with Crippen molar-refractivity contribution >= 4 is 25.8 Å². The van der Waals surface area contributed by atoms with Gasteiger partial charge in [0.1, 0.15) is 0 Å². The molecule has 0 heterocycles. The van der Waals surface area contributed by atoms with Crippen LogP contribution in [0.2, 0.25) is 0 Å². The van der Waals surface area contributed by atoms with Gasteiger partial charge in [-0.05, 0) is 0 Å². The minimum absolute atomic E-state index is 0. The number of alkyl halides is 3. The fourth-order valence-electron chi connectivity index (χ4n) is 0. The summed E-state index contributed by atoms with van der Waals surface area (Å²) in [6.07, 6.45) is 0. The molecular weight excluding hydrogens is 184 g/mol. The molecule has 0 nitrogen and oxygen atoms in total. The fourth-order valence-corrected chi connectivity index (χ4v) is 0. The van der Waals surface area contributed by atoms with Crippen molar-refractivity contribution in [1.29, 1.82) is 0 Å². The molecule has 0 fully saturated rings. The SMILES string of the molecule is FC(F)F.[InH3]. The standard InChI is InChI=1S/CHF3.In.3H/c2-1(3)4;;;;/h1H;;;;. The van der Waals surface area contributed by atoms with Gasteiger partial charge in [-0.15, -0.1) is 0 Å². The van der Waals surface area contributed by atoms with E-state index in [1.807, 2.05) is 0 Å². The average Bonchev–Trinajstić information content (AvgIpc) is 0.811. The molecule has 0 aliphatic rings. The molecule has 0 saturated heterocycles. The van der Waals surface area contributed by atoms with E-state index < -0.39 is 6.68 Å². The van der Waals surface area contributed by atoms with Gasteiger partial charge < -0.3 is 0 Å². The van der Waals surface area contributed by atoms with Crippen molar-refractivity contribution < 1.29 is 13.2 Å². The van der Waals surface area contributed by atoms with Gasteiger partial charge in [-0.1, -0.05) is 0 Å². The molecule has 32 valence electrons. The van der Waals surface area contributed by atoms with Gasteiger partial charge in [0, 0.05) is 0 Å². The third-order valence-electron chi connectivity index (χ3n) is 0. The first-order chi connectivity index (χ1) is 1.73. The van der Waals surface area contributed by atoms with E-state index in [1.54, 1.807) is 0 Å². The van der Waals surface area contributed by atoms with E-state index in [0.717, 1.165) is 0 Å². The fraction of sp³-hybridized carbons (Fsp3) is 1.00. The first-order valence-electron chi connectivity index (χ1n) is 0.655. The Balaban J connectivity index is 0. The van der Waals surface area contributed by atoms with Gasteiger partial charge in [-0.3, -0.25) is 0 Å². The van der Waals surface area contributed by atoms with Gasteiger partial charge in [-0.2, -0.15) is 13.2 Å². The maximum atomic E-state index is 9.67. The van der Waals surface area contributed by atoms with Crippen LogP contribution in [0.1, 0.15) is 0 Å². The van der Waals surface area contributed by atoms with Crippen LogP contribution in [0.25, 0.3) is 0 Å². The number of hydrogen-bond acceptors (Lipinski definition) is 0. The van der Waals surface area contributed by atoms with E-state index in [0.29, 0.717) is 0 Å². The molecule has 0 aromatic carbocycles. The molecule has 5 heavy (non-hydrogen) atoms. The Morgan fingerprint density at radius 1 is 1.00 bits per heavy atom. The summed E-state index contributed by atoms with van der Waals surface area (Å²) in [6, 6.07) is 0. The van der Waals surface area contributed by atoms with Crippen molar-refractivity contribution in [3.63, 3.8) is 0 Å². The zero-order valence-corrected chi connectivity index (χ0v) is 1.71. The van der Waals surface area contributed by atoms with E-state index >= 15 is 0 Å². The molecule has 0 saturated carbocycles. The normalized spacial score (nSPS) is 7.20. The topological polar surface area (TPSA) is 0 Å². The van der Waals surface area contributed by atoms with Gasteiger partial charge in [0.05, 0.1) is 0 Å². The van der Waals surface area contributed by atoms with Crippen molar-refractivity contribution in [1.82, 2.24) is 0 Å². The van der Waals surface area contributed by atoms with Crippen LogP contribution in [-0.4, -0.2) is 32.5 Å². The molecule has 0 spiro atoms. The summed E-state index contributed by atoms with van der Waals surface area (Å²) < 4.78 is 29.0. The van der Waals surface area contributed by atoms with Crippen LogP contribution >= 0.6 is 0 Å². The maximum absolute atomic E-state index is 9.67. The zero-order chi connectivity index (χ0) is 3.58. The number of hydrogen-bond donors (Lipinski definition) is 0. The molecular formula is CH4F3In. The van der Waals surface area contributed by atoms with Crippen molar-refractivity contribution in [3.05, 3.63) is 0 Å². The molecule has 0 aliphatic carbocycles. The molecule has 0 aromatic rings. The summed E-state index contributed by atoms with van der Waals surface area (Å²) in [5, 5.41) is 0. The Hall–Kier alpha value is 0.660.